The van der Waals surface area contributed by atoms with Crippen molar-refractivity contribution in [1.82, 2.24) is 9.97 Å². The van der Waals surface area contributed by atoms with Gasteiger partial charge in [0.25, 0.3) is 0 Å². The van der Waals surface area contributed by atoms with Crippen LogP contribution in [0.3, 0.4) is 0 Å². The number of hydrogen-bond acceptors (Lipinski definition) is 3. The fourth-order valence-electron chi connectivity index (χ4n) is 2.35. The van der Waals surface area contributed by atoms with Gasteiger partial charge in [-0.15, -0.1) is 0 Å². The number of aromatic amines is 1. The van der Waals surface area contributed by atoms with Crippen LogP contribution in [0.25, 0.3) is 10.9 Å². The summed E-state index contributed by atoms with van der Waals surface area (Å²) in [6.45, 7) is 2.74. The van der Waals surface area contributed by atoms with Crippen LogP contribution in [-0.4, -0.2) is 28.5 Å². The van der Waals surface area contributed by atoms with Crippen molar-refractivity contribution in [3.8, 4) is 0 Å². The number of nitrogens with one attached hydrogen (secondary N) is 1. The van der Waals surface area contributed by atoms with Crippen LogP contribution in [0.1, 0.15) is 23.7 Å². The van der Waals surface area contributed by atoms with E-state index in [1.54, 1.807) is 18.6 Å². The molecule has 0 radical (unpaired) electrons. The molecular formula is C13H14N2O2. The van der Waals surface area contributed by atoms with Gasteiger partial charge in [0.05, 0.1) is 0 Å². The Labute approximate surface area is 99.0 Å². The first-order valence-electron chi connectivity index (χ1n) is 5.84. The summed E-state index contributed by atoms with van der Waals surface area (Å²) in [6, 6.07) is 1.87. The van der Waals surface area contributed by atoms with Crippen molar-refractivity contribution >= 4 is 16.7 Å². The van der Waals surface area contributed by atoms with Crippen molar-refractivity contribution in [2.24, 2.45) is 5.92 Å². The Kier molecular flexibility index (Phi) is 2.44. The second-order valence-corrected chi connectivity index (χ2v) is 4.55. The Bertz CT molecular complexity index is 561. The van der Waals surface area contributed by atoms with Gasteiger partial charge < -0.3 is 9.72 Å². The molecule has 2 unspecified atom stereocenters. The van der Waals surface area contributed by atoms with Gasteiger partial charge in [-0.2, -0.15) is 0 Å². The molecule has 3 rings (SSSR count). The summed E-state index contributed by atoms with van der Waals surface area (Å²) >= 11 is 0. The molecule has 0 aromatic carbocycles. The van der Waals surface area contributed by atoms with Crippen molar-refractivity contribution in [2.45, 2.75) is 19.4 Å². The normalized spacial score (nSPS) is 24.3. The average molecular weight is 230 g/mol. The lowest BCUT2D eigenvalue weighted by molar-refractivity contribution is 0.0581. The van der Waals surface area contributed by atoms with E-state index in [9.17, 15) is 4.79 Å². The van der Waals surface area contributed by atoms with E-state index in [-0.39, 0.29) is 11.9 Å². The van der Waals surface area contributed by atoms with Crippen molar-refractivity contribution in [3.05, 3.63) is 30.2 Å². The molecule has 0 amide bonds. The van der Waals surface area contributed by atoms with E-state index in [4.69, 9.17) is 4.74 Å². The summed E-state index contributed by atoms with van der Waals surface area (Å²) in [5, 5.41) is 0.875. The van der Waals surface area contributed by atoms with Gasteiger partial charge in [0.1, 0.15) is 6.10 Å². The van der Waals surface area contributed by atoms with Crippen molar-refractivity contribution in [2.75, 3.05) is 6.61 Å². The van der Waals surface area contributed by atoms with Crippen LogP contribution in [0.4, 0.5) is 0 Å². The highest BCUT2D eigenvalue weighted by Crippen LogP contribution is 2.26. The van der Waals surface area contributed by atoms with E-state index >= 15 is 0 Å². The zero-order valence-corrected chi connectivity index (χ0v) is 9.64. The maximum atomic E-state index is 12.4. The molecule has 0 aliphatic carbocycles. The van der Waals surface area contributed by atoms with Crippen LogP contribution in [0, 0.1) is 5.92 Å². The van der Waals surface area contributed by atoms with E-state index in [1.165, 1.54) is 0 Å². The smallest absolute Gasteiger partial charge is 0.194 e. The van der Waals surface area contributed by atoms with Crippen molar-refractivity contribution in [3.63, 3.8) is 0 Å². The number of pyridine rings is 1. The van der Waals surface area contributed by atoms with Gasteiger partial charge in [0.15, 0.2) is 5.78 Å². The molecule has 1 saturated heterocycles. The minimum Gasteiger partial charge on any atom is -0.370 e. The van der Waals surface area contributed by atoms with E-state index in [0.29, 0.717) is 18.1 Å². The summed E-state index contributed by atoms with van der Waals surface area (Å²) in [5.74, 6) is 0.360. The van der Waals surface area contributed by atoms with Crippen LogP contribution < -0.4 is 0 Å². The Balaban J connectivity index is 2.01. The number of H-pyrrole nitrogens is 1. The predicted molar refractivity (Wildman–Crippen MR) is 63.9 cm³/mol. The van der Waals surface area contributed by atoms with Gasteiger partial charge in [-0.1, -0.05) is 6.92 Å². The van der Waals surface area contributed by atoms with E-state index < -0.39 is 0 Å². The highest BCUT2D eigenvalue weighted by molar-refractivity contribution is 6.09. The largest absolute Gasteiger partial charge is 0.370 e. The number of hydrogen-bond donors (Lipinski definition) is 1. The summed E-state index contributed by atoms with van der Waals surface area (Å²) in [5.41, 5.74) is 1.63. The molecular weight excluding hydrogens is 216 g/mol. The molecule has 2 aromatic rings. The van der Waals surface area contributed by atoms with Crippen LogP contribution in [-0.2, 0) is 4.74 Å². The first kappa shape index (κ1) is 10.5. The maximum Gasteiger partial charge on any atom is 0.194 e. The first-order valence-corrected chi connectivity index (χ1v) is 5.84. The van der Waals surface area contributed by atoms with Crippen molar-refractivity contribution in [1.29, 1.82) is 0 Å². The molecule has 1 aliphatic heterocycles. The number of carbonyl (C=O) groups is 1. The lowest BCUT2D eigenvalue weighted by Gasteiger charge is -2.12. The van der Waals surface area contributed by atoms with Crippen molar-refractivity contribution < 1.29 is 9.53 Å². The van der Waals surface area contributed by atoms with Gasteiger partial charge in [0.2, 0.25) is 0 Å². The molecule has 3 heterocycles. The molecule has 0 bridgehead atoms. The number of fused-ring (bicyclic) bond motifs is 1. The lowest BCUT2D eigenvalue weighted by atomic mass is 9.96. The molecule has 0 saturated carbocycles. The van der Waals surface area contributed by atoms with Gasteiger partial charge in [-0.3, -0.25) is 9.78 Å². The maximum absolute atomic E-state index is 12.4. The zero-order chi connectivity index (χ0) is 11.8. The van der Waals surface area contributed by atoms with Crippen LogP contribution in [0.2, 0.25) is 0 Å². The number of ketones is 1. The molecule has 0 spiro atoms. The van der Waals surface area contributed by atoms with Gasteiger partial charge in [-0.25, -0.2) is 0 Å². The minimum absolute atomic E-state index is 0.0641. The Hall–Kier alpha value is -1.68. The highest BCUT2D eigenvalue weighted by atomic mass is 16.5. The molecule has 1 N–H and O–H groups in total. The van der Waals surface area contributed by atoms with Gasteiger partial charge in [-0.05, 0) is 18.4 Å². The zero-order valence-electron chi connectivity index (χ0n) is 9.64. The molecule has 2 aromatic heterocycles. The quantitative estimate of drug-likeness (QED) is 0.804. The molecule has 4 heteroatoms. The van der Waals surface area contributed by atoms with Gasteiger partial charge in [0, 0.05) is 41.7 Å². The Morgan fingerprint density at radius 3 is 3.24 bits per heavy atom. The Morgan fingerprint density at radius 2 is 2.47 bits per heavy atom. The lowest BCUT2D eigenvalue weighted by Crippen LogP contribution is -2.25. The van der Waals surface area contributed by atoms with Gasteiger partial charge >= 0.3 is 0 Å². The van der Waals surface area contributed by atoms with Crippen LogP contribution >= 0.6 is 0 Å². The van der Waals surface area contributed by atoms with E-state index in [2.05, 4.69) is 16.9 Å². The second kappa shape index (κ2) is 3.96. The topological polar surface area (TPSA) is 55.0 Å². The highest BCUT2D eigenvalue weighted by Gasteiger charge is 2.32. The first-order chi connectivity index (χ1) is 8.27. The number of rotatable bonds is 2. The Morgan fingerprint density at radius 1 is 1.59 bits per heavy atom. The molecule has 17 heavy (non-hydrogen) atoms. The minimum atomic E-state index is -0.297. The van der Waals surface area contributed by atoms with E-state index in [1.807, 2.05) is 6.07 Å². The monoisotopic (exact) mass is 230 g/mol. The summed E-state index contributed by atoms with van der Waals surface area (Å²) in [4.78, 5) is 19.5. The number of Topliss-reactive ketones (excluding diaryl/α,β-unsaturated/α-hetero) is 1. The van der Waals surface area contributed by atoms with Crippen LogP contribution in [0.15, 0.2) is 24.7 Å². The summed E-state index contributed by atoms with van der Waals surface area (Å²) in [6.07, 6.45) is 5.84. The number of nitrogens with zero attached hydrogens (tertiary/aromatic N) is 1. The average Bonchev–Trinajstić information content (AvgIpc) is 2.94. The molecule has 88 valence electrons. The number of carbonyl (C=O) groups excluding carboxylic acids is 1. The fourth-order valence-corrected chi connectivity index (χ4v) is 2.35. The standard InChI is InChI=1S/C13H14N2O2/c1-8-3-5-17-13(8)12(16)10-7-15-11-2-4-14-6-9(10)11/h2,4,6-8,13,15H,3,5H2,1H3. The molecule has 2 atom stereocenters. The fraction of sp³-hybridized carbons (Fsp3) is 0.385. The van der Waals surface area contributed by atoms with E-state index in [0.717, 1.165) is 17.3 Å². The third-order valence-electron chi connectivity index (χ3n) is 3.39. The SMILES string of the molecule is CC1CCOC1C(=O)c1c[nH]c2ccncc12. The third-order valence-corrected chi connectivity index (χ3v) is 3.39. The number of ether oxygens (including phenoxy) is 1. The summed E-state index contributed by atoms with van der Waals surface area (Å²) in [7, 11) is 0. The predicted octanol–water partition coefficient (Wildman–Crippen LogP) is 2.17. The molecule has 4 nitrogen and oxygen atoms in total. The number of aromatic nitrogens is 2. The molecule has 1 fully saturated rings. The van der Waals surface area contributed by atoms with Crippen LogP contribution in [0.5, 0.6) is 0 Å². The molecule has 1 aliphatic rings. The summed E-state index contributed by atoms with van der Waals surface area (Å²) < 4.78 is 5.52. The third kappa shape index (κ3) is 1.65. The second-order valence-electron chi connectivity index (χ2n) is 4.55.